The van der Waals surface area contributed by atoms with Crippen LogP contribution in [-0.2, 0) is 6.54 Å². The number of rotatable bonds is 7. The molecule has 0 amide bonds. The van der Waals surface area contributed by atoms with Crippen LogP contribution in [0.1, 0.15) is 17.5 Å². The maximum absolute atomic E-state index is 6.39. The molecule has 1 fully saturated rings. The summed E-state index contributed by atoms with van der Waals surface area (Å²) in [6, 6.07) is 15.4. The average molecular weight is 393 g/mol. The minimum atomic E-state index is 0.448. The Hall–Kier alpha value is -2.13. The Morgan fingerprint density at radius 1 is 1.21 bits per heavy atom. The van der Waals surface area contributed by atoms with E-state index >= 15 is 0 Å². The fourth-order valence-corrected chi connectivity index (χ4v) is 3.96. The number of nitrogens with one attached hydrogen (secondary N) is 1. The van der Waals surface area contributed by atoms with E-state index in [1.165, 1.54) is 22.3 Å². The summed E-state index contributed by atoms with van der Waals surface area (Å²) in [7, 11) is 0. The van der Waals surface area contributed by atoms with Crippen molar-refractivity contribution in [1.29, 1.82) is 0 Å². The molecule has 0 aromatic heterocycles. The van der Waals surface area contributed by atoms with Gasteiger partial charge in [-0.1, -0.05) is 78.9 Å². The Labute approximate surface area is 174 Å². The van der Waals surface area contributed by atoms with E-state index < -0.39 is 0 Å². The van der Waals surface area contributed by atoms with Crippen molar-refractivity contribution >= 4 is 11.6 Å². The molecule has 2 nitrogen and oxygen atoms in total. The Morgan fingerprint density at radius 3 is 2.71 bits per heavy atom. The van der Waals surface area contributed by atoms with Crippen LogP contribution in [0.2, 0.25) is 5.02 Å². The molecule has 3 heteroatoms. The van der Waals surface area contributed by atoms with Gasteiger partial charge in [0.25, 0.3) is 0 Å². The Morgan fingerprint density at radius 2 is 2.00 bits per heavy atom. The van der Waals surface area contributed by atoms with Gasteiger partial charge in [-0.25, -0.2) is 0 Å². The second kappa shape index (κ2) is 9.88. The SMILES string of the molecule is C=C/C=C(\C=C)C[C@H]1CN(Cc2ccc(-c3cc(C)ccc3Cl)cc2)CCN1. The van der Waals surface area contributed by atoms with E-state index in [4.69, 9.17) is 11.6 Å². The molecular weight excluding hydrogens is 364 g/mol. The molecule has 1 aliphatic rings. The molecule has 28 heavy (non-hydrogen) atoms. The van der Waals surface area contributed by atoms with Gasteiger partial charge < -0.3 is 5.32 Å². The standard InChI is InChI=1S/C25H29ClN2/c1-4-6-20(5-2)16-23-18-28(14-13-27-23)17-21-8-10-22(11-9-21)24-15-19(3)7-12-25(24)26/h4-12,15,23,27H,1-2,13-14,16-18H2,3H3/b20-6+/t23-/m0/s1. The van der Waals surface area contributed by atoms with E-state index in [9.17, 15) is 0 Å². The van der Waals surface area contributed by atoms with E-state index in [0.29, 0.717) is 6.04 Å². The third kappa shape index (κ3) is 5.45. The van der Waals surface area contributed by atoms with Crippen LogP contribution < -0.4 is 5.32 Å². The highest BCUT2D eigenvalue weighted by Gasteiger charge is 2.19. The molecule has 0 spiro atoms. The first kappa shape index (κ1) is 20.6. The zero-order valence-electron chi connectivity index (χ0n) is 16.6. The van der Waals surface area contributed by atoms with Crippen LogP contribution in [-0.4, -0.2) is 30.6 Å². The van der Waals surface area contributed by atoms with E-state index in [2.05, 4.69) is 60.6 Å². The van der Waals surface area contributed by atoms with Crippen LogP contribution in [0, 0.1) is 6.92 Å². The molecule has 0 aliphatic carbocycles. The highest BCUT2D eigenvalue weighted by Crippen LogP contribution is 2.29. The molecule has 146 valence electrons. The van der Waals surface area contributed by atoms with Crippen LogP contribution in [0.4, 0.5) is 0 Å². The summed E-state index contributed by atoms with van der Waals surface area (Å²) in [5, 5.41) is 4.42. The first-order valence-corrected chi connectivity index (χ1v) is 10.2. The van der Waals surface area contributed by atoms with E-state index in [1.807, 2.05) is 30.4 Å². The minimum Gasteiger partial charge on any atom is -0.311 e. The Balaban J connectivity index is 1.63. The maximum Gasteiger partial charge on any atom is 0.0484 e. The predicted molar refractivity (Wildman–Crippen MR) is 122 cm³/mol. The Bertz CT molecular complexity index is 851. The molecule has 1 saturated heterocycles. The second-order valence-corrected chi connectivity index (χ2v) is 7.86. The van der Waals surface area contributed by atoms with Crippen molar-refractivity contribution in [3.63, 3.8) is 0 Å². The normalized spacial score (nSPS) is 18.1. The summed E-state index contributed by atoms with van der Waals surface area (Å²) >= 11 is 6.39. The number of benzene rings is 2. The highest BCUT2D eigenvalue weighted by molar-refractivity contribution is 6.33. The van der Waals surface area contributed by atoms with Crippen LogP contribution in [0.5, 0.6) is 0 Å². The summed E-state index contributed by atoms with van der Waals surface area (Å²) in [6.07, 6.45) is 6.79. The van der Waals surface area contributed by atoms with Crippen molar-refractivity contribution in [3.8, 4) is 11.1 Å². The topological polar surface area (TPSA) is 15.3 Å². The molecule has 1 N–H and O–H groups in total. The molecule has 0 unspecified atom stereocenters. The van der Waals surface area contributed by atoms with Gasteiger partial charge in [-0.05, 0) is 42.2 Å². The number of aryl methyl sites for hydroxylation is 1. The molecule has 1 heterocycles. The van der Waals surface area contributed by atoms with Gasteiger partial charge in [0, 0.05) is 42.8 Å². The molecular formula is C25H29ClN2. The zero-order chi connectivity index (χ0) is 19.9. The van der Waals surface area contributed by atoms with Crippen LogP contribution in [0.15, 0.2) is 79.4 Å². The average Bonchev–Trinajstić information content (AvgIpc) is 2.70. The van der Waals surface area contributed by atoms with Gasteiger partial charge in [0.1, 0.15) is 0 Å². The van der Waals surface area contributed by atoms with Gasteiger partial charge in [-0.3, -0.25) is 4.90 Å². The van der Waals surface area contributed by atoms with Crippen molar-refractivity contribution in [1.82, 2.24) is 10.2 Å². The summed E-state index contributed by atoms with van der Waals surface area (Å²) in [5.41, 5.74) is 6.05. The molecule has 2 aromatic rings. The number of hydrogen-bond acceptors (Lipinski definition) is 2. The maximum atomic E-state index is 6.39. The van der Waals surface area contributed by atoms with Crippen LogP contribution >= 0.6 is 11.6 Å². The summed E-state index contributed by atoms with van der Waals surface area (Å²) < 4.78 is 0. The van der Waals surface area contributed by atoms with Crippen molar-refractivity contribution in [2.45, 2.75) is 25.9 Å². The summed E-state index contributed by atoms with van der Waals surface area (Å²) in [6.45, 7) is 13.9. The molecule has 1 atom stereocenters. The lowest BCUT2D eigenvalue weighted by Crippen LogP contribution is -2.50. The molecule has 2 aromatic carbocycles. The molecule has 3 rings (SSSR count). The van der Waals surface area contributed by atoms with Gasteiger partial charge in [0.15, 0.2) is 0 Å². The van der Waals surface area contributed by atoms with Crippen molar-refractivity contribution < 1.29 is 0 Å². The lowest BCUT2D eigenvalue weighted by atomic mass is 10.0. The van der Waals surface area contributed by atoms with Gasteiger partial charge in [-0.2, -0.15) is 0 Å². The van der Waals surface area contributed by atoms with E-state index in [0.717, 1.165) is 43.2 Å². The lowest BCUT2D eigenvalue weighted by Gasteiger charge is -2.34. The predicted octanol–water partition coefficient (Wildman–Crippen LogP) is 5.78. The lowest BCUT2D eigenvalue weighted by molar-refractivity contribution is 0.192. The quantitative estimate of drug-likeness (QED) is 0.601. The largest absolute Gasteiger partial charge is 0.311 e. The van der Waals surface area contributed by atoms with Crippen molar-refractivity contribution in [2.24, 2.45) is 0 Å². The number of piperazine rings is 1. The number of allylic oxidation sites excluding steroid dienone is 3. The fraction of sp³-hybridized carbons (Fsp3) is 0.280. The second-order valence-electron chi connectivity index (χ2n) is 7.45. The van der Waals surface area contributed by atoms with Gasteiger partial charge in [0.2, 0.25) is 0 Å². The first-order chi connectivity index (χ1) is 13.6. The smallest absolute Gasteiger partial charge is 0.0484 e. The Kier molecular flexibility index (Phi) is 7.27. The molecule has 0 radical (unpaired) electrons. The van der Waals surface area contributed by atoms with Crippen LogP contribution in [0.25, 0.3) is 11.1 Å². The number of halogens is 1. The minimum absolute atomic E-state index is 0.448. The third-order valence-electron chi connectivity index (χ3n) is 5.21. The molecule has 0 bridgehead atoms. The monoisotopic (exact) mass is 392 g/mol. The van der Waals surface area contributed by atoms with E-state index in [-0.39, 0.29) is 0 Å². The summed E-state index contributed by atoms with van der Waals surface area (Å²) in [5.74, 6) is 0. The first-order valence-electron chi connectivity index (χ1n) is 9.84. The van der Waals surface area contributed by atoms with Gasteiger partial charge >= 0.3 is 0 Å². The van der Waals surface area contributed by atoms with Gasteiger partial charge in [-0.15, -0.1) is 0 Å². The van der Waals surface area contributed by atoms with Gasteiger partial charge in [0.05, 0.1) is 0 Å². The zero-order valence-corrected chi connectivity index (χ0v) is 17.4. The highest BCUT2D eigenvalue weighted by atomic mass is 35.5. The molecule has 1 aliphatic heterocycles. The number of hydrogen-bond donors (Lipinski definition) is 1. The molecule has 0 saturated carbocycles. The third-order valence-corrected chi connectivity index (χ3v) is 5.54. The fourth-order valence-electron chi connectivity index (χ4n) is 3.74. The van der Waals surface area contributed by atoms with Crippen molar-refractivity contribution in [3.05, 3.63) is 95.6 Å². The van der Waals surface area contributed by atoms with Crippen molar-refractivity contribution in [2.75, 3.05) is 19.6 Å². The van der Waals surface area contributed by atoms with Crippen LogP contribution in [0.3, 0.4) is 0 Å². The summed E-state index contributed by atoms with van der Waals surface area (Å²) in [4.78, 5) is 2.52. The van der Waals surface area contributed by atoms with E-state index in [1.54, 1.807) is 0 Å². The number of nitrogens with zero attached hydrogens (tertiary/aromatic N) is 1.